The number of hydrogen-bond donors (Lipinski definition) is 1. The molecule has 0 aromatic carbocycles. The van der Waals surface area contributed by atoms with Crippen LogP contribution in [0.2, 0.25) is 0 Å². The van der Waals surface area contributed by atoms with Gasteiger partial charge in [-0.2, -0.15) is 0 Å². The Kier molecular flexibility index (Phi) is 4.69. The summed E-state index contributed by atoms with van der Waals surface area (Å²) >= 11 is 0. The highest BCUT2D eigenvalue weighted by molar-refractivity contribution is 5.96. The monoisotopic (exact) mass is 166 g/mol. The molecule has 0 atom stereocenters. The maximum Gasteiger partial charge on any atom is 0.246 e. The average Bonchev–Trinajstić information content (AvgIpc) is 2.02. The lowest BCUT2D eigenvalue weighted by atomic mass is 10.3. The summed E-state index contributed by atoms with van der Waals surface area (Å²) in [6, 6.07) is 0. The fourth-order valence-corrected chi connectivity index (χ4v) is 0.549. The van der Waals surface area contributed by atoms with Crippen molar-refractivity contribution in [1.82, 2.24) is 5.32 Å². The third-order valence-corrected chi connectivity index (χ3v) is 1.20. The molecule has 3 nitrogen and oxygen atoms in total. The Morgan fingerprint density at radius 1 is 1.50 bits per heavy atom. The number of nitrogens with zero attached hydrogens (tertiary/aromatic N) is 1. The molecule has 0 bridgehead atoms. The molecule has 0 radical (unpaired) electrons. The van der Waals surface area contributed by atoms with Gasteiger partial charge in [-0.3, -0.25) is 9.79 Å². The maximum absolute atomic E-state index is 10.9. The molecule has 12 heavy (non-hydrogen) atoms. The molecule has 0 rings (SSSR count). The van der Waals surface area contributed by atoms with Crippen LogP contribution in [0.4, 0.5) is 0 Å². The Bertz CT molecular complexity index is 239. The van der Waals surface area contributed by atoms with Crippen molar-refractivity contribution in [2.75, 3.05) is 7.05 Å². The van der Waals surface area contributed by atoms with Crippen LogP contribution in [0.3, 0.4) is 0 Å². The van der Waals surface area contributed by atoms with Gasteiger partial charge in [0.25, 0.3) is 0 Å². The molecule has 0 aliphatic carbocycles. The van der Waals surface area contributed by atoms with Crippen LogP contribution < -0.4 is 5.32 Å². The van der Waals surface area contributed by atoms with E-state index in [0.29, 0.717) is 5.57 Å². The Balaban J connectivity index is 4.18. The third-order valence-electron chi connectivity index (χ3n) is 1.20. The van der Waals surface area contributed by atoms with E-state index >= 15 is 0 Å². The van der Waals surface area contributed by atoms with Crippen LogP contribution >= 0.6 is 0 Å². The van der Waals surface area contributed by atoms with Gasteiger partial charge in [-0.05, 0) is 19.9 Å². The van der Waals surface area contributed by atoms with Crippen LogP contribution in [-0.2, 0) is 4.79 Å². The van der Waals surface area contributed by atoms with Gasteiger partial charge < -0.3 is 5.32 Å². The van der Waals surface area contributed by atoms with Gasteiger partial charge in [0.15, 0.2) is 0 Å². The summed E-state index contributed by atoms with van der Waals surface area (Å²) in [6.07, 6.45) is 3.21. The summed E-state index contributed by atoms with van der Waals surface area (Å²) in [5.41, 5.74) is 1.35. The first-order valence-electron chi connectivity index (χ1n) is 3.66. The summed E-state index contributed by atoms with van der Waals surface area (Å²) in [5.74, 6) is -0.0943. The van der Waals surface area contributed by atoms with Gasteiger partial charge in [-0.15, -0.1) is 0 Å². The van der Waals surface area contributed by atoms with Crippen LogP contribution in [-0.4, -0.2) is 19.2 Å². The van der Waals surface area contributed by atoms with Crippen molar-refractivity contribution < 1.29 is 4.79 Å². The number of allylic oxidation sites excluding steroid dienone is 2. The molecular formula is C9H14N2O. The zero-order valence-corrected chi connectivity index (χ0v) is 7.72. The highest BCUT2D eigenvalue weighted by atomic mass is 16.1. The molecule has 0 saturated carbocycles. The van der Waals surface area contributed by atoms with Crippen molar-refractivity contribution in [1.29, 1.82) is 0 Å². The summed E-state index contributed by atoms with van der Waals surface area (Å²) in [4.78, 5) is 14.8. The number of carbonyl (C=O) groups is 1. The van der Waals surface area contributed by atoms with Crippen molar-refractivity contribution >= 4 is 12.1 Å². The number of rotatable bonds is 3. The maximum atomic E-state index is 10.9. The van der Waals surface area contributed by atoms with Crippen molar-refractivity contribution in [3.63, 3.8) is 0 Å². The quantitative estimate of drug-likeness (QED) is 0.498. The van der Waals surface area contributed by atoms with E-state index in [2.05, 4.69) is 16.9 Å². The number of carbonyl (C=O) groups excluding carboxylic acids is 1. The smallest absolute Gasteiger partial charge is 0.246 e. The first kappa shape index (κ1) is 10.6. The average molecular weight is 166 g/mol. The van der Waals surface area contributed by atoms with Gasteiger partial charge in [0.05, 0.1) is 0 Å². The molecule has 3 heteroatoms. The predicted octanol–water partition coefficient (Wildman–Crippen LogP) is 1.28. The molecule has 0 heterocycles. The normalized spacial score (nSPS) is 11.8. The van der Waals surface area contributed by atoms with E-state index in [1.807, 2.05) is 0 Å². The first-order chi connectivity index (χ1) is 5.57. The molecule has 1 N–H and O–H groups in total. The molecule has 0 fully saturated rings. The summed E-state index contributed by atoms with van der Waals surface area (Å²) in [7, 11) is 1.59. The van der Waals surface area contributed by atoms with Crippen LogP contribution in [0.1, 0.15) is 13.8 Å². The van der Waals surface area contributed by atoms with Crippen molar-refractivity contribution in [2.45, 2.75) is 13.8 Å². The second-order valence-electron chi connectivity index (χ2n) is 2.44. The highest BCUT2D eigenvalue weighted by Gasteiger charge is 1.96. The van der Waals surface area contributed by atoms with Gasteiger partial charge in [0, 0.05) is 24.5 Å². The Labute approximate surface area is 72.9 Å². The van der Waals surface area contributed by atoms with Crippen LogP contribution in [0.15, 0.2) is 28.9 Å². The van der Waals surface area contributed by atoms with Crippen molar-refractivity contribution in [3.05, 3.63) is 23.9 Å². The molecule has 1 amide bonds. The van der Waals surface area contributed by atoms with Crippen molar-refractivity contribution in [2.24, 2.45) is 4.99 Å². The van der Waals surface area contributed by atoms with E-state index in [-0.39, 0.29) is 5.91 Å². The number of amides is 1. The molecule has 0 unspecified atom stereocenters. The number of nitrogens with one attached hydrogen (secondary N) is 1. The number of likely N-dealkylation sites (N-methyl/N-ethyl adjacent to an activating group) is 1. The van der Waals surface area contributed by atoms with E-state index in [4.69, 9.17) is 0 Å². The lowest BCUT2D eigenvalue weighted by Gasteiger charge is -1.95. The second-order valence-corrected chi connectivity index (χ2v) is 2.44. The predicted molar refractivity (Wildman–Crippen MR) is 51.1 cm³/mol. The SMILES string of the molecule is C=C(C)N=C/C=C(\C)C(=O)NC. The minimum atomic E-state index is -0.0943. The molecule has 0 spiro atoms. The van der Waals surface area contributed by atoms with E-state index in [1.54, 1.807) is 33.2 Å². The van der Waals surface area contributed by atoms with Gasteiger partial charge in [0.1, 0.15) is 0 Å². The molecule has 0 saturated heterocycles. The Hall–Kier alpha value is -1.38. The first-order valence-corrected chi connectivity index (χ1v) is 3.66. The number of aliphatic imine (C=N–C) groups is 1. The van der Waals surface area contributed by atoms with Crippen LogP contribution in [0.25, 0.3) is 0 Å². The topological polar surface area (TPSA) is 41.5 Å². The van der Waals surface area contributed by atoms with E-state index in [9.17, 15) is 4.79 Å². The minimum absolute atomic E-state index is 0.0943. The van der Waals surface area contributed by atoms with Crippen LogP contribution in [0, 0.1) is 0 Å². The molecule has 0 aliphatic heterocycles. The standard InChI is InChI=1S/C9H14N2O/c1-7(2)11-6-5-8(3)9(12)10-4/h5-6H,1H2,2-4H3,(H,10,12)/b8-5+,11-6?. The fraction of sp³-hybridized carbons (Fsp3) is 0.333. The minimum Gasteiger partial charge on any atom is -0.355 e. The molecule has 66 valence electrons. The summed E-state index contributed by atoms with van der Waals surface area (Å²) in [6.45, 7) is 7.11. The second kappa shape index (κ2) is 5.29. The van der Waals surface area contributed by atoms with E-state index in [1.165, 1.54) is 0 Å². The lowest BCUT2D eigenvalue weighted by molar-refractivity contribution is -0.116. The third kappa shape index (κ3) is 4.44. The Morgan fingerprint density at radius 2 is 2.08 bits per heavy atom. The van der Waals surface area contributed by atoms with Gasteiger partial charge in [-0.1, -0.05) is 6.58 Å². The van der Waals surface area contributed by atoms with Gasteiger partial charge >= 0.3 is 0 Å². The van der Waals surface area contributed by atoms with Gasteiger partial charge in [-0.25, -0.2) is 0 Å². The zero-order valence-electron chi connectivity index (χ0n) is 7.72. The molecule has 0 aromatic heterocycles. The number of hydrogen-bond acceptors (Lipinski definition) is 2. The van der Waals surface area contributed by atoms with Gasteiger partial charge in [0.2, 0.25) is 5.91 Å². The van der Waals surface area contributed by atoms with Crippen molar-refractivity contribution in [3.8, 4) is 0 Å². The van der Waals surface area contributed by atoms with E-state index in [0.717, 1.165) is 5.70 Å². The molecule has 0 aromatic rings. The fourth-order valence-electron chi connectivity index (χ4n) is 0.549. The summed E-state index contributed by atoms with van der Waals surface area (Å²) in [5, 5.41) is 2.51. The van der Waals surface area contributed by atoms with E-state index < -0.39 is 0 Å². The summed E-state index contributed by atoms with van der Waals surface area (Å²) < 4.78 is 0. The largest absolute Gasteiger partial charge is 0.355 e. The lowest BCUT2D eigenvalue weighted by Crippen LogP contribution is -2.18. The zero-order chi connectivity index (χ0) is 9.56. The molecular weight excluding hydrogens is 152 g/mol. The Morgan fingerprint density at radius 3 is 2.50 bits per heavy atom. The highest BCUT2D eigenvalue weighted by Crippen LogP contribution is 1.91. The van der Waals surface area contributed by atoms with Crippen LogP contribution in [0.5, 0.6) is 0 Å². The molecule has 0 aliphatic rings.